The molecule has 0 bridgehead atoms. The van der Waals surface area contributed by atoms with Crippen molar-refractivity contribution >= 4 is 23.2 Å². The van der Waals surface area contributed by atoms with Gasteiger partial charge in [0.1, 0.15) is 0 Å². The van der Waals surface area contributed by atoms with E-state index in [-0.39, 0.29) is 18.4 Å². The van der Waals surface area contributed by atoms with E-state index in [1.165, 1.54) is 11.1 Å². The van der Waals surface area contributed by atoms with Crippen molar-refractivity contribution in [1.29, 1.82) is 5.26 Å². The Morgan fingerprint density at radius 1 is 1.08 bits per heavy atom. The third-order valence-corrected chi connectivity index (χ3v) is 7.17. The predicted molar refractivity (Wildman–Crippen MR) is 156 cm³/mol. The van der Waals surface area contributed by atoms with Crippen LogP contribution in [0.25, 0.3) is 0 Å². The molecule has 2 unspecified atom stereocenters. The molecule has 6 nitrogen and oxygen atoms in total. The maximum atomic E-state index is 13.9. The molecular weight excluding hydrogens is 508 g/mol. The summed E-state index contributed by atoms with van der Waals surface area (Å²) >= 11 is 6.32. The highest BCUT2D eigenvalue weighted by molar-refractivity contribution is 6.30. The molecule has 1 aliphatic rings. The fourth-order valence-electron chi connectivity index (χ4n) is 5.11. The number of halogens is 1. The summed E-state index contributed by atoms with van der Waals surface area (Å²) in [5.74, 6) is -1.27. The molecule has 0 radical (unpaired) electrons. The number of aliphatic imine (C=N–C) groups is 1. The van der Waals surface area contributed by atoms with Crippen LogP contribution in [0.2, 0.25) is 5.02 Å². The van der Waals surface area contributed by atoms with Crippen molar-refractivity contribution in [2.45, 2.75) is 25.2 Å². The number of carbonyl (C=O) groups is 1. The summed E-state index contributed by atoms with van der Waals surface area (Å²) in [6.45, 7) is 3.08. The van der Waals surface area contributed by atoms with E-state index in [1.54, 1.807) is 6.07 Å². The maximum absolute atomic E-state index is 13.9. The van der Waals surface area contributed by atoms with Gasteiger partial charge in [0.2, 0.25) is 5.91 Å². The first-order chi connectivity index (χ1) is 19.0. The quantitative estimate of drug-likeness (QED) is 0.309. The first kappa shape index (κ1) is 28.3. The minimum absolute atomic E-state index is 0.122. The van der Waals surface area contributed by atoms with Gasteiger partial charge in [-0.3, -0.25) is 9.79 Å². The zero-order valence-electron chi connectivity index (χ0n) is 22.0. The average Bonchev–Trinajstić information content (AvgIpc) is 2.96. The van der Waals surface area contributed by atoms with Crippen molar-refractivity contribution in [3.05, 3.63) is 118 Å². The van der Waals surface area contributed by atoms with Crippen LogP contribution in [0, 0.1) is 17.2 Å². The molecule has 39 heavy (non-hydrogen) atoms. The monoisotopic (exact) mass is 540 g/mol. The second-order valence-corrected chi connectivity index (χ2v) is 9.95. The van der Waals surface area contributed by atoms with Gasteiger partial charge in [0.05, 0.1) is 30.9 Å². The van der Waals surface area contributed by atoms with Gasteiger partial charge >= 0.3 is 0 Å². The number of rotatable bonds is 11. The molecule has 0 saturated heterocycles. The third kappa shape index (κ3) is 7.01. The minimum Gasteiger partial charge on any atom is -0.374 e. The van der Waals surface area contributed by atoms with Crippen LogP contribution in [0.15, 0.2) is 101 Å². The fraction of sp³-hybridized carbons (Fsp3) is 0.281. The van der Waals surface area contributed by atoms with Gasteiger partial charge in [-0.15, -0.1) is 0 Å². The van der Waals surface area contributed by atoms with Crippen LogP contribution >= 0.6 is 11.6 Å². The Morgan fingerprint density at radius 3 is 2.33 bits per heavy atom. The van der Waals surface area contributed by atoms with Crippen molar-refractivity contribution in [2.24, 2.45) is 16.6 Å². The smallest absolute Gasteiger partial charge is 0.249 e. The SMILES string of the molecule is CC1=NC(COCCN)=C(C(=O)NCCC(c2ccccc2)c2ccccc2)C(c2cccc(Cl)c2)C1C#N. The number of hydrogen-bond acceptors (Lipinski definition) is 5. The van der Waals surface area contributed by atoms with E-state index in [9.17, 15) is 10.1 Å². The molecular formula is C32H33ClN4O2. The first-order valence-corrected chi connectivity index (χ1v) is 13.5. The fourth-order valence-corrected chi connectivity index (χ4v) is 5.31. The summed E-state index contributed by atoms with van der Waals surface area (Å²) < 4.78 is 5.71. The summed E-state index contributed by atoms with van der Waals surface area (Å²) in [7, 11) is 0. The molecule has 7 heteroatoms. The van der Waals surface area contributed by atoms with Crippen LogP contribution in [0.3, 0.4) is 0 Å². The van der Waals surface area contributed by atoms with Crippen LogP contribution in [0.4, 0.5) is 0 Å². The highest BCUT2D eigenvalue weighted by Gasteiger charge is 2.38. The van der Waals surface area contributed by atoms with Crippen LogP contribution in [0.1, 0.15) is 41.9 Å². The van der Waals surface area contributed by atoms with Crippen LogP contribution in [0.5, 0.6) is 0 Å². The predicted octanol–water partition coefficient (Wildman–Crippen LogP) is 5.61. The molecule has 0 spiro atoms. The molecule has 0 fully saturated rings. The molecule has 0 aromatic heterocycles. The third-order valence-electron chi connectivity index (χ3n) is 6.93. The zero-order valence-corrected chi connectivity index (χ0v) is 22.8. The minimum atomic E-state index is -0.608. The Balaban J connectivity index is 1.63. The highest BCUT2D eigenvalue weighted by Crippen LogP contribution is 2.39. The number of nitriles is 1. The van der Waals surface area contributed by atoms with Crippen molar-refractivity contribution in [3.63, 3.8) is 0 Å². The highest BCUT2D eigenvalue weighted by atomic mass is 35.5. The molecule has 0 saturated carbocycles. The summed E-state index contributed by atoms with van der Waals surface area (Å²) in [5.41, 5.74) is 10.4. The second-order valence-electron chi connectivity index (χ2n) is 9.51. The van der Waals surface area contributed by atoms with E-state index >= 15 is 0 Å². The summed E-state index contributed by atoms with van der Waals surface area (Å²) in [6, 6.07) is 30.2. The summed E-state index contributed by atoms with van der Waals surface area (Å²) in [4.78, 5) is 18.5. The molecule has 0 aliphatic carbocycles. The molecule has 1 amide bonds. The maximum Gasteiger partial charge on any atom is 0.249 e. The van der Waals surface area contributed by atoms with Gasteiger partial charge in [-0.05, 0) is 42.2 Å². The van der Waals surface area contributed by atoms with E-state index in [0.717, 1.165) is 5.56 Å². The molecule has 1 aliphatic heterocycles. The second kappa shape index (κ2) is 13.9. The number of amides is 1. The van der Waals surface area contributed by atoms with E-state index in [0.29, 0.717) is 48.1 Å². The molecule has 2 atom stereocenters. The number of nitrogens with one attached hydrogen (secondary N) is 1. The number of carbonyl (C=O) groups excluding carboxylic acids is 1. The molecule has 200 valence electrons. The Kier molecular flexibility index (Phi) is 10.0. The molecule has 1 heterocycles. The molecule has 4 rings (SSSR count). The lowest BCUT2D eigenvalue weighted by molar-refractivity contribution is -0.118. The van der Waals surface area contributed by atoms with E-state index < -0.39 is 11.8 Å². The lowest BCUT2D eigenvalue weighted by Gasteiger charge is -2.30. The largest absolute Gasteiger partial charge is 0.374 e. The lowest BCUT2D eigenvalue weighted by atomic mass is 9.76. The standard InChI is InChI=1S/C32H33ClN4O2/c1-22-28(20-35)30(25-13-8-14-26(33)19-25)31(29(37-22)21-39-18-16-34)32(38)36-17-15-27(23-9-4-2-5-10-23)24-11-6-3-7-12-24/h2-14,19,27-28,30H,15-18,21,34H2,1H3,(H,36,38). The Labute approximate surface area is 235 Å². The summed E-state index contributed by atoms with van der Waals surface area (Å²) in [6.07, 6.45) is 0.706. The van der Waals surface area contributed by atoms with Crippen molar-refractivity contribution in [1.82, 2.24) is 5.32 Å². The van der Waals surface area contributed by atoms with Crippen LogP contribution in [-0.2, 0) is 9.53 Å². The lowest BCUT2D eigenvalue weighted by Crippen LogP contribution is -2.36. The van der Waals surface area contributed by atoms with Crippen molar-refractivity contribution in [3.8, 4) is 6.07 Å². The van der Waals surface area contributed by atoms with E-state index in [4.69, 9.17) is 22.1 Å². The zero-order chi connectivity index (χ0) is 27.6. The number of hydrogen-bond donors (Lipinski definition) is 2. The van der Waals surface area contributed by atoms with Gasteiger partial charge in [-0.2, -0.15) is 5.26 Å². The Morgan fingerprint density at radius 2 is 1.74 bits per heavy atom. The molecule has 3 N–H and O–H groups in total. The molecule has 3 aromatic rings. The van der Waals surface area contributed by atoms with Gasteiger partial charge in [0, 0.05) is 41.2 Å². The van der Waals surface area contributed by atoms with Gasteiger partial charge in [0.25, 0.3) is 0 Å². The number of benzene rings is 3. The van der Waals surface area contributed by atoms with Gasteiger partial charge in [0.15, 0.2) is 0 Å². The Hall–Kier alpha value is -3.76. The summed E-state index contributed by atoms with van der Waals surface area (Å²) in [5, 5.41) is 13.8. The van der Waals surface area contributed by atoms with Crippen molar-refractivity contribution in [2.75, 3.05) is 26.3 Å². The van der Waals surface area contributed by atoms with Gasteiger partial charge < -0.3 is 15.8 Å². The van der Waals surface area contributed by atoms with Crippen LogP contribution in [-0.4, -0.2) is 37.9 Å². The molecule has 3 aromatic carbocycles. The average molecular weight is 541 g/mol. The van der Waals surface area contributed by atoms with Gasteiger partial charge in [-0.25, -0.2) is 0 Å². The van der Waals surface area contributed by atoms with Crippen LogP contribution < -0.4 is 11.1 Å². The number of ether oxygens (including phenoxy) is 1. The Bertz CT molecular complexity index is 1330. The van der Waals surface area contributed by atoms with E-state index in [2.05, 4.69) is 40.6 Å². The number of nitrogens with zero attached hydrogens (tertiary/aromatic N) is 2. The van der Waals surface area contributed by atoms with E-state index in [1.807, 2.05) is 61.5 Å². The van der Waals surface area contributed by atoms with Crippen molar-refractivity contribution < 1.29 is 9.53 Å². The van der Waals surface area contributed by atoms with Gasteiger partial charge in [-0.1, -0.05) is 84.4 Å². The topological polar surface area (TPSA) is 100 Å². The normalized spacial score (nSPS) is 17.1. The number of nitrogens with two attached hydrogens (primary N) is 1. The first-order valence-electron chi connectivity index (χ1n) is 13.1.